The van der Waals surface area contributed by atoms with Gasteiger partial charge in [0.15, 0.2) is 11.5 Å². The van der Waals surface area contributed by atoms with Gasteiger partial charge >= 0.3 is 0 Å². The summed E-state index contributed by atoms with van der Waals surface area (Å²) < 4.78 is 10.6. The lowest BCUT2D eigenvalue weighted by molar-refractivity contribution is -0.132. The van der Waals surface area contributed by atoms with Crippen molar-refractivity contribution in [3.63, 3.8) is 0 Å². The highest BCUT2D eigenvalue weighted by molar-refractivity contribution is 5.82. The summed E-state index contributed by atoms with van der Waals surface area (Å²) in [6, 6.07) is 12.5. The Hall–Kier alpha value is -2.53. The number of nitrogens with two attached hydrogens (primary N) is 1. The molecule has 0 aliphatic heterocycles. The fourth-order valence-electron chi connectivity index (χ4n) is 2.57. The van der Waals surface area contributed by atoms with Crippen LogP contribution >= 0.6 is 0 Å². The molecule has 2 aromatic carbocycles. The Morgan fingerprint density at radius 3 is 2.29 bits per heavy atom. The minimum atomic E-state index is -0.670. The second-order valence-corrected chi connectivity index (χ2v) is 5.72. The molecule has 0 saturated heterocycles. The molecule has 0 aliphatic carbocycles. The molecular formula is C19H24N2O3. The summed E-state index contributed by atoms with van der Waals surface area (Å²) >= 11 is 0. The predicted octanol–water partition coefficient (Wildman–Crippen LogP) is 2.67. The van der Waals surface area contributed by atoms with E-state index in [1.54, 1.807) is 26.2 Å². The summed E-state index contributed by atoms with van der Waals surface area (Å²) in [6.45, 7) is 2.43. The number of aryl methyl sites for hydroxylation is 1. The number of amides is 1. The quantitative estimate of drug-likeness (QED) is 0.885. The Labute approximate surface area is 143 Å². The van der Waals surface area contributed by atoms with Crippen LogP contribution < -0.4 is 15.2 Å². The van der Waals surface area contributed by atoms with Crippen LogP contribution in [0.15, 0.2) is 42.5 Å². The van der Waals surface area contributed by atoms with Crippen LogP contribution in [0.2, 0.25) is 0 Å². The monoisotopic (exact) mass is 328 g/mol. The molecule has 2 N–H and O–H groups in total. The molecule has 2 rings (SSSR count). The standard InChI is InChI=1S/C19H24N2O3/c1-13-10-16(23-3)17(24-4)11-15(13)12-21(2)19(22)18(20)14-8-6-5-7-9-14/h5-11,18H,12,20H2,1-4H3. The number of methoxy groups -OCH3 is 2. The van der Waals surface area contributed by atoms with Crippen LogP contribution in [0, 0.1) is 6.92 Å². The number of rotatable bonds is 6. The second-order valence-electron chi connectivity index (χ2n) is 5.72. The first-order chi connectivity index (χ1) is 11.5. The lowest BCUT2D eigenvalue weighted by Gasteiger charge is -2.23. The molecule has 5 nitrogen and oxygen atoms in total. The minimum absolute atomic E-state index is 0.129. The summed E-state index contributed by atoms with van der Waals surface area (Å²) in [5, 5.41) is 0. The number of carbonyl (C=O) groups is 1. The van der Waals surface area contributed by atoms with E-state index in [1.165, 1.54) is 0 Å². The van der Waals surface area contributed by atoms with Crippen molar-refractivity contribution >= 4 is 5.91 Å². The normalized spacial score (nSPS) is 11.7. The third-order valence-corrected chi connectivity index (χ3v) is 4.05. The highest BCUT2D eigenvalue weighted by Crippen LogP contribution is 2.31. The van der Waals surface area contributed by atoms with Crippen molar-refractivity contribution in [1.29, 1.82) is 0 Å². The van der Waals surface area contributed by atoms with Crippen LogP contribution in [0.3, 0.4) is 0 Å². The average Bonchev–Trinajstić information content (AvgIpc) is 2.62. The predicted molar refractivity (Wildman–Crippen MR) is 94.1 cm³/mol. The number of likely N-dealkylation sites (N-methyl/N-ethyl adjacent to an activating group) is 1. The number of carbonyl (C=O) groups excluding carboxylic acids is 1. The molecule has 24 heavy (non-hydrogen) atoms. The van der Waals surface area contributed by atoms with Crippen molar-refractivity contribution in [2.45, 2.75) is 19.5 Å². The number of ether oxygens (including phenoxy) is 2. The average molecular weight is 328 g/mol. The largest absolute Gasteiger partial charge is 0.493 e. The Morgan fingerprint density at radius 2 is 1.71 bits per heavy atom. The van der Waals surface area contributed by atoms with Gasteiger partial charge in [0.2, 0.25) is 5.91 Å². The molecule has 0 fully saturated rings. The highest BCUT2D eigenvalue weighted by atomic mass is 16.5. The van der Waals surface area contributed by atoms with E-state index in [-0.39, 0.29) is 5.91 Å². The van der Waals surface area contributed by atoms with Crippen LogP contribution in [-0.4, -0.2) is 32.1 Å². The summed E-state index contributed by atoms with van der Waals surface area (Å²) in [6.07, 6.45) is 0. The zero-order valence-corrected chi connectivity index (χ0v) is 14.6. The number of hydrogen-bond acceptors (Lipinski definition) is 4. The first-order valence-electron chi connectivity index (χ1n) is 7.75. The molecule has 0 heterocycles. The summed E-state index contributed by atoms with van der Waals surface area (Å²) in [5.41, 5.74) is 8.92. The van der Waals surface area contributed by atoms with E-state index in [2.05, 4.69) is 0 Å². The Kier molecular flexibility index (Phi) is 5.82. The molecule has 5 heteroatoms. The third-order valence-electron chi connectivity index (χ3n) is 4.05. The highest BCUT2D eigenvalue weighted by Gasteiger charge is 2.20. The lowest BCUT2D eigenvalue weighted by atomic mass is 10.0. The second kappa shape index (κ2) is 7.84. The molecule has 0 spiro atoms. The van der Waals surface area contributed by atoms with Gasteiger partial charge in [0.25, 0.3) is 0 Å². The number of benzene rings is 2. The van der Waals surface area contributed by atoms with Crippen molar-refractivity contribution < 1.29 is 14.3 Å². The molecule has 0 aliphatic rings. The van der Waals surface area contributed by atoms with Gasteiger partial charge in [-0.05, 0) is 35.7 Å². The van der Waals surface area contributed by atoms with Crippen LogP contribution in [0.4, 0.5) is 0 Å². The molecule has 0 saturated carbocycles. The van der Waals surface area contributed by atoms with E-state index in [0.29, 0.717) is 18.0 Å². The summed E-state index contributed by atoms with van der Waals surface area (Å²) in [4.78, 5) is 14.2. The first-order valence-corrected chi connectivity index (χ1v) is 7.75. The van der Waals surface area contributed by atoms with Gasteiger partial charge in [-0.2, -0.15) is 0 Å². The number of hydrogen-bond donors (Lipinski definition) is 1. The molecule has 128 valence electrons. The maximum atomic E-state index is 12.6. The Morgan fingerprint density at radius 1 is 1.12 bits per heavy atom. The van der Waals surface area contributed by atoms with E-state index in [9.17, 15) is 4.79 Å². The van der Waals surface area contributed by atoms with Crippen molar-refractivity contribution in [3.05, 3.63) is 59.2 Å². The van der Waals surface area contributed by atoms with E-state index in [0.717, 1.165) is 16.7 Å². The van der Waals surface area contributed by atoms with E-state index in [1.807, 2.05) is 49.4 Å². The van der Waals surface area contributed by atoms with Gasteiger partial charge in [-0.15, -0.1) is 0 Å². The van der Waals surface area contributed by atoms with Crippen LogP contribution in [0.25, 0.3) is 0 Å². The summed E-state index contributed by atoms with van der Waals surface area (Å²) in [7, 11) is 4.95. The van der Waals surface area contributed by atoms with Crippen molar-refractivity contribution in [3.8, 4) is 11.5 Å². The first kappa shape index (κ1) is 17.8. The maximum absolute atomic E-state index is 12.6. The van der Waals surface area contributed by atoms with E-state index < -0.39 is 6.04 Å². The van der Waals surface area contributed by atoms with Gasteiger partial charge in [0.1, 0.15) is 6.04 Å². The molecule has 0 radical (unpaired) electrons. The van der Waals surface area contributed by atoms with Crippen molar-refractivity contribution in [1.82, 2.24) is 4.90 Å². The molecule has 1 amide bonds. The maximum Gasteiger partial charge on any atom is 0.244 e. The Bertz CT molecular complexity index is 701. The molecular weight excluding hydrogens is 304 g/mol. The molecule has 0 bridgehead atoms. The fraction of sp³-hybridized carbons (Fsp3) is 0.316. The van der Waals surface area contributed by atoms with Crippen molar-refractivity contribution in [2.75, 3.05) is 21.3 Å². The van der Waals surface area contributed by atoms with Gasteiger partial charge in [0.05, 0.1) is 14.2 Å². The molecule has 0 aromatic heterocycles. The molecule has 1 unspecified atom stereocenters. The topological polar surface area (TPSA) is 64.8 Å². The van der Waals surface area contributed by atoms with Crippen LogP contribution in [-0.2, 0) is 11.3 Å². The van der Waals surface area contributed by atoms with Gasteiger partial charge in [-0.25, -0.2) is 0 Å². The zero-order valence-electron chi connectivity index (χ0n) is 14.6. The minimum Gasteiger partial charge on any atom is -0.493 e. The van der Waals surface area contributed by atoms with Gasteiger partial charge in [0, 0.05) is 13.6 Å². The SMILES string of the molecule is COc1cc(C)c(CN(C)C(=O)C(N)c2ccccc2)cc1OC. The van der Waals surface area contributed by atoms with E-state index in [4.69, 9.17) is 15.2 Å². The lowest BCUT2D eigenvalue weighted by Crippen LogP contribution is -2.35. The van der Waals surface area contributed by atoms with Gasteiger partial charge in [-0.3, -0.25) is 4.79 Å². The van der Waals surface area contributed by atoms with Gasteiger partial charge in [-0.1, -0.05) is 30.3 Å². The van der Waals surface area contributed by atoms with Crippen LogP contribution in [0.5, 0.6) is 11.5 Å². The fourth-order valence-corrected chi connectivity index (χ4v) is 2.57. The number of nitrogens with zero attached hydrogens (tertiary/aromatic N) is 1. The van der Waals surface area contributed by atoms with E-state index >= 15 is 0 Å². The Balaban J connectivity index is 2.17. The summed E-state index contributed by atoms with van der Waals surface area (Å²) in [5.74, 6) is 1.19. The molecule has 2 aromatic rings. The van der Waals surface area contributed by atoms with Crippen LogP contribution in [0.1, 0.15) is 22.7 Å². The van der Waals surface area contributed by atoms with Gasteiger partial charge < -0.3 is 20.1 Å². The third kappa shape index (κ3) is 3.86. The zero-order chi connectivity index (χ0) is 17.7. The molecule has 1 atom stereocenters. The van der Waals surface area contributed by atoms with Crippen molar-refractivity contribution in [2.24, 2.45) is 5.73 Å². The smallest absolute Gasteiger partial charge is 0.244 e.